The maximum atomic E-state index is 13.8. The molecule has 0 saturated heterocycles. The fourth-order valence-corrected chi connectivity index (χ4v) is 4.47. The van der Waals surface area contributed by atoms with Crippen molar-refractivity contribution in [2.45, 2.75) is 5.54 Å². The molecule has 2 aliphatic rings. The standard InChI is InChI=1S/C21H15FN2O5/c1-23-14-5-3-2-4-13(14)21(20(23)28)16-17(26)12-10-11(22)6-7-15(12)29-18(16)19(27)24(21)8-9-25/h2-7,10,25H,8-9H2,1H3. The molecule has 2 aromatic carbocycles. The van der Waals surface area contributed by atoms with E-state index in [9.17, 15) is 23.9 Å². The largest absolute Gasteiger partial charge is 0.450 e. The van der Waals surface area contributed by atoms with Crippen molar-refractivity contribution in [2.75, 3.05) is 25.1 Å². The molecule has 1 aromatic heterocycles. The van der Waals surface area contributed by atoms with E-state index < -0.39 is 35.2 Å². The quantitative estimate of drug-likeness (QED) is 0.713. The molecule has 0 radical (unpaired) electrons. The van der Waals surface area contributed by atoms with E-state index in [-0.39, 0.29) is 28.8 Å². The molecule has 1 unspecified atom stereocenters. The first-order valence-corrected chi connectivity index (χ1v) is 9.00. The van der Waals surface area contributed by atoms with Crippen LogP contribution in [0.4, 0.5) is 10.1 Å². The van der Waals surface area contributed by atoms with Gasteiger partial charge in [0.25, 0.3) is 11.8 Å². The number of hydrogen-bond acceptors (Lipinski definition) is 5. The van der Waals surface area contributed by atoms with Crippen molar-refractivity contribution in [1.82, 2.24) is 4.90 Å². The zero-order chi connectivity index (χ0) is 20.5. The van der Waals surface area contributed by atoms with E-state index in [1.807, 2.05) is 0 Å². The number of carbonyl (C=O) groups excluding carboxylic acids is 2. The molecule has 8 heteroatoms. The van der Waals surface area contributed by atoms with E-state index in [4.69, 9.17) is 4.42 Å². The van der Waals surface area contributed by atoms with E-state index in [1.54, 1.807) is 31.3 Å². The third-order valence-electron chi connectivity index (χ3n) is 5.65. The number of benzene rings is 2. The van der Waals surface area contributed by atoms with E-state index in [2.05, 4.69) is 0 Å². The second-order valence-corrected chi connectivity index (χ2v) is 7.05. The summed E-state index contributed by atoms with van der Waals surface area (Å²) >= 11 is 0. The minimum atomic E-state index is -1.76. The summed E-state index contributed by atoms with van der Waals surface area (Å²) in [7, 11) is 1.55. The van der Waals surface area contributed by atoms with Crippen molar-refractivity contribution < 1.29 is 23.5 Å². The number of carbonyl (C=O) groups is 2. The molecule has 3 heterocycles. The number of halogens is 1. The van der Waals surface area contributed by atoms with Gasteiger partial charge in [0, 0.05) is 24.8 Å². The Morgan fingerprint density at radius 1 is 1.14 bits per heavy atom. The van der Waals surface area contributed by atoms with Crippen LogP contribution in [0.15, 0.2) is 51.7 Å². The Labute approximate surface area is 163 Å². The van der Waals surface area contributed by atoms with Gasteiger partial charge in [0.15, 0.2) is 11.0 Å². The van der Waals surface area contributed by atoms with Gasteiger partial charge in [-0.2, -0.15) is 0 Å². The average Bonchev–Trinajstić information content (AvgIpc) is 3.09. The Morgan fingerprint density at radius 3 is 2.66 bits per heavy atom. The SMILES string of the molecule is CN1C(=O)C2(c3ccccc31)c1c(oc3ccc(F)cc3c1=O)C(=O)N2CCO. The van der Waals surface area contributed by atoms with Gasteiger partial charge in [-0.1, -0.05) is 18.2 Å². The first-order valence-electron chi connectivity index (χ1n) is 9.00. The maximum absolute atomic E-state index is 13.8. The number of hydrogen-bond donors (Lipinski definition) is 1. The minimum absolute atomic E-state index is 0.0524. The van der Waals surface area contributed by atoms with Gasteiger partial charge in [0.1, 0.15) is 11.4 Å². The van der Waals surface area contributed by atoms with Gasteiger partial charge in [-0.05, 0) is 24.3 Å². The third kappa shape index (κ3) is 1.96. The van der Waals surface area contributed by atoms with Crippen LogP contribution in [-0.2, 0) is 10.3 Å². The number of likely N-dealkylation sites (N-methyl/N-ethyl adjacent to an activating group) is 1. The number of para-hydroxylation sites is 1. The highest BCUT2D eigenvalue weighted by atomic mass is 19.1. The Balaban J connectivity index is 1.96. The molecule has 7 nitrogen and oxygen atoms in total. The molecule has 1 N–H and O–H groups in total. The highest BCUT2D eigenvalue weighted by molar-refractivity contribution is 6.16. The summed E-state index contributed by atoms with van der Waals surface area (Å²) in [6.07, 6.45) is 0. The molecule has 1 atom stereocenters. The first kappa shape index (κ1) is 17.6. The van der Waals surface area contributed by atoms with Gasteiger partial charge in [0.05, 0.1) is 17.6 Å². The van der Waals surface area contributed by atoms with Gasteiger partial charge in [0.2, 0.25) is 5.76 Å². The molecule has 5 rings (SSSR count). The number of fused-ring (bicyclic) bond motifs is 5. The van der Waals surface area contributed by atoms with Crippen LogP contribution in [0.3, 0.4) is 0 Å². The van der Waals surface area contributed by atoms with Gasteiger partial charge >= 0.3 is 0 Å². The van der Waals surface area contributed by atoms with Gasteiger partial charge in [-0.15, -0.1) is 0 Å². The van der Waals surface area contributed by atoms with E-state index in [0.717, 1.165) is 12.1 Å². The molecule has 29 heavy (non-hydrogen) atoms. The highest BCUT2D eigenvalue weighted by Crippen LogP contribution is 2.51. The molecule has 146 valence electrons. The van der Waals surface area contributed by atoms with Crippen LogP contribution in [-0.4, -0.2) is 42.0 Å². The minimum Gasteiger partial charge on any atom is -0.450 e. The van der Waals surface area contributed by atoms with Crippen LogP contribution in [0, 0.1) is 5.82 Å². The smallest absolute Gasteiger partial charge is 0.291 e. The van der Waals surface area contributed by atoms with E-state index in [0.29, 0.717) is 11.3 Å². The van der Waals surface area contributed by atoms with Crippen LogP contribution >= 0.6 is 0 Å². The lowest BCUT2D eigenvalue weighted by atomic mass is 9.84. The molecule has 0 fully saturated rings. The molecule has 0 bridgehead atoms. The number of rotatable bonds is 2. The summed E-state index contributed by atoms with van der Waals surface area (Å²) in [6, 6.07) is 10.3. The number of aliphatic hydroxyl groups excluding tert-OH is 1. The van der Waals surface area contributed by atoms with Crippen molar-refractivity contribution in [3.63, 3.8) is 0 Å². The van der Waals surface area contributed by atoms with Crippen LogP contribution in [0.5, 0.6) is 0 Å². The Bertz CT molecular complexity index is 1280. The van der Waals surface area contributed by atoms with Crippen molar-refractivity contribution in [1.29, 1.82) is 0 Å². The van der Waals surface area contributed by atoms with Crippen molar-refractivity contribution in [3.8, 4) is 0 Å². The van der Waals surface area contributed by atoms with Crippen LogP contribution in [0.25, 0.3) is 11.0 Å². The summed E-state index contributed by atoms with van der Waals surface area (Å²) in [5.41, 5.74) is -1.52. The lowest BCUT2D eigenvalue weighted by molar-refractivity contribution is -0.125. The third-order valence-corrected chi connectivity index (χ3v) is 5.65. The number of amides is 2. The summed E-state index contributed by atoms with van der Waals surface area (Å²) < 4.78 is 19.5. The fourth-order valence-electron chi connectivity index (χ4n) is 4.47. The van der Waals surface area contributed by atoms with Crippen molar-refractivity contribution >= 4 is 28.5 Å². The monoisotopic (exact) mass is 394 g/mol. The number of β-amino-alcohol motifs (C(OH)–C–C–N with tert-alkyl or cyclic N) is 1. The number of nitrogens with zero attached hydrogens (tertiary/aromatic N) is 2. The predicted molar refractivity (Wildman–Crippen MR) is 101 cm³/mol. The average molecular weight is 394 g/mol. The highest BCUT2D eigenvalue weighted by Gasteiger charge is 2.64. The topological polar surface area (TPSA) is 91.1 Å². The predicted octanol–water partition coefficient (Wildman–Crippen LogP) is 1.60. The Kier molecular flexibility index (Phi) is 3.48. The van der Waals surface area contributed by atoms with Gasteiger partial charge < -0.3 is 19.3 Å². The number of aliphatic hydroxyl groups is 1. The van der Waals surface area contributed by atoms with Crippen molar-refractivity contribution in [3.05, 3.63) is 75.4 Å². The summed E-state index contributed by atoms with van der Waals surface area (Å²) in [5.74, 6) is -2.08. The van der Waals surface area contributed by atoms with E-state index >= 15 is 0 Å². The fraction of sp³-hybridized carbons (Fsp3) is 0.190. The summed E-state index contributed by atoms with van der Waals surface area (Å²) in [4.78, 5) is 42.7. The molecule has 2 amide bonds. The normalized spacial score (nSPS) is 20.1. The first-order chi connectivity index (χ1) is 13.9. The van der Waals surface area contributed by atoms with Crippen molar-refractivity contribution in [2.24, 2.45) is 0 Å². The lowest BCUT2D eigenvalue weighted by Crippen LogP contribution is -2.53. The van der Waals surface area contributed by atoms with Crippen LogP contribution < -0.4 is 10.3 Å². The summed E-state index contributed by atoms with van der Waals surface area (Å²) in [5, 5.41) is 9.53. The molecule has 2 aliphatic heterocycles. The van der Waals surface area contributed by atoms with Gasteiger partial charge in [-0.3, -0.25) is 14.4 Å². The second-order valence-electron chi connectivity index (χ2n) is 7.05. The van der Waals surface area contributed by atoms with Crippen LogP contribution in [0.1, 0.15) is 21.7 Å². The molecular weight excluding hydrogens is 379 g/mol. The van der Waals surface area contributed by atoms with E-state index in [1.165, 1.54) is 15.9 Å². The van der Waals surface area contributed by atoms with Gasteiger partial charge in [-0.25, -0.2) is 4.39 Å². The zero-order valence-electron chi connectivity index (χ0n) is 15.3. The van der Waals surface area contributed by atoms with Crippen LogP contribution in [0.2, 0.25) is 0 Å². The number of anilines is 1. The second kappa shape index (κ2) is 5.74. The molecular formula is C21H15FN2O5. The molecule has 3 aromatic rings. The molecule has 0 aliphatic carbocycles. The molecule has 1 spiro atoms. The zero-order valence-corrected chi connectivity index (χ0v) is 15.3. The lowest BCUT2D eigenvalue weighted by Gasteiger charge is -2.33. The summed E-state index contributed by atoms with van der Waals surface area (Å²) in [6.45, 7) is -0.593. The Morgan fingerprint density at radius 2 is 1.90 bits per heavy atom. The maximum Gasteiger partial charge on any atom is 0.291 e. The molecule has 0 saturated carbocycles. The Hall–Kier alpha value is -3.52.